The number of esters is 1. The molecule has 0 aromatic carbocycles. The van der Waals surface area contributed by atoms with Crippen molar-refractivity contribution in [2.45, 2.75) is 20.8 Å². The molecule has 2 heteroatoms. The fraction of sp³-hybridized carbons (Fsp3) is 0.444. The van der Waals surface area contributed by atoms with Crippen molar-refractivity contribution in [2.24, 2.45) is 5.92 Å². The van der Waals surface area contributed by atoms with Crippen LogP contribution in [0.1, 0.15) is 20.8 Å². The van der Waals surface area contributed by atoms with E-state index in [1.807, 2.05) is 13.0 Å². The number of carbonyl (C=O) groups excluding carboxylic acids is 1. The molecule has 0 fully saturated rings. The van der Waals surface area contributed by atoms with Gasteiger partial charge in [-0.3, -0.25) is 4.79 Å². The highest BCUT2D eigenvalue weighted by Gasteiger charge is 1.96. The minimum Gasteiger partial charge on any atom is -0.432 e. The highest BCUT2D eigenvalue weighted by atomic mass is 16.5. The molecule has 0 amide bonds. The first kappa shape index (κ1) is 9.95. The van der Waals surface area contributed by atoms with Crippen LogP contribution in [0.15, 0.2) is 24.5 Å². The molecule has 0 saturated heterocycles. The average Bonchev–Trinajstić information content (AvgIpc) is 1.85. The van der Waals surface area contributed by atoms with E-state index in [0.717, 1.165) is 0 Å². The van der Waals surface area contributed by atoms with Gasteiger partial charge in [0.25, 0.3) is 0 Å². The molecule has 1 unspecified atom stereocenters. The van der Waals surface area contributed by atoms with Gasteiger partial charge in [-0.15, -0.1) is 6.58 Å². The molecule has 0 aromatic rings. The van der Waals surface area contributed by atoms with Crippen molar-refractivity contribution in [3.8, 4) is 0 Å². The highest BCUT2D eigenvalue weighted by molar-refractivity contribution is 5.67. The van der Waals surface area contributed by atoms with Crippen LogP contribution in [0.4, 0.5) is 0 Å². The molecule has 62 valence electrons. The number of rotatable bonds is 3. The van der Waals surface area contributed by atoms with E-state index in [0.29, 0.717) is 5.76 Å². The first-order chi connectivity index (χ1) is 5.06. The van der Waals surface area contributed by atoms with Gasteiger partial charge in [-0.2, -0.15) is 0 Å². The van der Waals surface area contributed by atoms with Crippen LogP contribution >= 0.6 is 0 Å². The van der Waals surface area contributed by atoms with Crippen molar-refractivity contribution in [1.82, 2.24) is 0 Å². The maximum atomic E-state index is 10.4. The average molecular weight is 154 g/mol. The second kappa shape index (κ2) is 4.72. The SMILES string of the molecule is C=CC(C)C=C(C)OC(C)=O. The van der Waals surface area contributed by atoms with Crippen molar-refractivity contribution < 1.29 is 9.53 Å². The van der Waals surface area contributed by atoms with Gasteiger partial charge in [0.05, 0.1) is 0 Å². The van der Waals surface area contributed by atoms with E-state index in [1.165, 1.54) is 6.92 Å². The molecular weight excluding hydrogens is 140 g/mol. The Bertz CT molecular complexity index is 180. The van der Waals surface area contributed by atoms with Gasteiger partial charge in [-0.1, -0.05) is 13.0 Å². The molecule has 0 aliphatic carbocycles. The Morgan fingerprint density at radius 3 is 2.45 bits per heavy atom. The first-order valence-corrected chi connectivity index (χ1v) is 3.55. The van der Waals surface area contributed by atoms with Crippen LogP contribution in [0, 0.1) is 5.92 Å². The van der Waals surface area contributed by atoms with E-state index in [-0.39, 0.29) is 11.9 Å². The lowest BCUT2D eigenvalue weighted by molar-refractivity contribution is -0.136. The lowest BCUT2D eigenvalue weighted by atomic mass is 10.1. The largest absolute Gasteiger partial charge is 0.432 e. The van der Waals surface area contributed by atoms with Crippen LogP contribution in [0.5, 0.6) is 0 Å². The molecule has 0 heterocycles. The zero-order valence-corrected chi connectivity index (χ0v) is 7.26. The summed E-state index contributed by atoms with van der Waals surface area (Å²) in [6.07, 6.45) is 3.63. The van der Waals surface area contributed by atoms with Crippen LogP contribution in [0.25, 0.3) is 0 Å². The second-order valence-corrected chi connectivity index (χ2v) is 2.47. The molecular formula is C9H14O2. The molecule has 0 bridgehead atoms. The third kappa shape index (κ3) is 5.40. The smallest absolute Gasteiger partial charge is 0.307 e. The lowest BCUT2D eigenvalue weighted by Gasteiger charge is -2.02. The summed E-state index contributed by atoms with van der Waals surface area (Å²) >= 11 is 0. The molecule has 2 nitrogen and oxygen atoms in total. The summed E-state index contributed by atoms with van der Waals surface area (Å²) in [5.41, 5.74) is 0. The van der Waals surface area contributed by atoms with Crippen molar-refractivity contribution in [3.63, 3.8) is 0 Å². The van der Waals surface area contributed by atoms with Crippen molar-refractivity contribution >= 4 is 5.97 Å². The Morgan fingerprint density at radius 2 is 2.09 bits per heavy atom. The molecule has 0 aliphatic heterocycles. The number of carbonyl (C=O) groups is 1. The van der Waals surface area contributed by atoms with Gasteiger partial charge in [-0.05, 0) is 18.9 Å². The quantitative estimate of drug-likeness (QED) is 0.354. The first-order valence-electron chi connectivity index (χ1n) is 3.55. The summed E-state index contributed by atoms with van der Waals surface area (Å²) in [5.74, 6) is 0.592. The summed E-state index contributed by atoms with van der Waals surface area (Å²) in [4.78, 5) is 10.4. The Morgan fingerprint density at radius 1 is 1.55 bits per heavy atom. The van der Waals surface area contributed by atoms with E-state index < -0.39 is 0 Å². The van der Waals surface area contributed by atoms with Crippen LogP contribution in [-0.4, -0.2) is 5.97 Å². The minimum atomic E-state index is -0.282. The van der Waals surface area contributed by atoms with Gasteiger partial charge in [-0.25, -0.2) is 0 Å². The monoisotopic (exact) mass is 154 g/mol. The van der Waals surface area contributed by atoms with Crippen molar-refractivity contribution in [3.05, 3.63) is 24.5 Å². The van der Waals surface area contributed by atoms with Gasteiger partial charge >= 0.3 is 5.97 Å². The van der Waals surface area contributed by atoms with Gasteiger partial charge in [0, 0.05) is 6.92 Å². The van der Waals surface area contributed by atoms with Crippen LogP contribution in [-0.2, 0) is 9.53 Å². The van der Waals surface area contributed by atoms with Crippen LogP contribution in [0.3, 0.4) is 0 Å². The minimum absolute atomic E-state index is 0.245. The normalized spacial score (nSPS) is 13.9. The molecule has 0 aliphatic rings. The maximum Gasteiger partial charge on any atom is 0.307 e. The topological polar surface area (TPSA) is 26.3 Å². The molecule has 11 heavy (non-hydrogen) atoms. The zero-order chi connectivity index (χ0) is 8.85. The predicted octanol–water partition coefficient (Wildman–Crippen LogP) is 2.28. The van der Waals surface area contributed by atoms with E-state index in [9.17, 15) is 4.79 Å². The van der Waals surface area contributed by atoms with Crippen LogP contribution < -0.4 is 0 Å². The Labute approximate surface area is 67.6 Å². The van der Waals surface area contributed by atoms with E-state index >= 15 is 0 Å². The molecule has 0 aromatic heterocycles. The summed E-state index contributed by atoms with van der Waals surface area (Å²) in [7, 11) is 0. The molecule has 0 rings (SSSR count). The maximum absolute atomic E-state index is 10.4. The molecule has 0 N–H and O–H groups in total. The van der Waals surface area contributed by atoms with Crippen molar-refractivity contribution in [2.75, 3.05) is 0 Å². The molecule has 0 radical (unpaired) electrons. The van der Waals surface area contributed by atoms with Gasteiger partial charge in [0.2, 0.25) is 0 Å². The predicted molar refractivity (Wildman–Crippen MR) is 44.9 cm³/mol. The molecule has 0 saturated carbocycles. The molecule has 1 atom stereocenters. The Kier molecular flexibility index (Phi) is 4.27. The number of ether oxygens (including phenoxy) is 1. The summed E-state index contributed by atoms with van der Waals surface area (Å²) < 4.78 is 4.80. The Balaban J connectivity index is 3.99. The number of allylic oxidation sites excluding steroid dienone is 3. The standard InChI is InChI=1S/C9H14O2/c1-5-7(2)6-8(3)11-9(4)10/h5-7H,1H2,2-4H3. The number of hydrogen-bond acceptors (Lipinski definition) is 2. The fourth-order valence-electron chi connectivity index (χ4n) is 0.699. The van der Waals surface area contributed by atoms with Crippen LogP contribution in [0.2, 0.25) is 0 Å². The summed E-state index contributed by atoms with van der Waals surface area (Å²) in [5, 5.41) is 0. The van der Waals surface area contributed by atoms with E-state index in [2.05, 4.69) is 6.58 Å². The van der Waals surface area contributed by atoms with Gasteiger partial charge in [0.1, 0.15) is 5.76 Å². The zero-order valence-electron chi connectivity index (χ0n) is 7.26. The Hall–Kier alpha value is -1.05. The third-order valence-corrected chi connectivity index (χ3v) is 1.17. The number of hydrogen-bond donors (Lipinski definition) is 0. The summed E-state index contributed by atoms with van der Waals surface area (Å²) in [6, 6.07) is 0. The van der Waals surface area contributed by atoms with E-state index in [4.69, 9.17) is 4.74 Å². The third-order valence-electron chi connectivity index (χ3n) is 1.17. The molecule has 0 spiro atoms. The van der Waals surface area contributed by atoms with E-state index in [1.54, 1.807) is 13.0 Å². The van der Waals surface area contributed by atoms with Crippen molar-refractivity contribution in [1.29, 1.82) is 0 Å². The van der Waals surface area contributed by atoms with Gasteiger partial charge < -0.3 is 4.74 Å². The lowest BCUT2D eigenvalue weighted by Crippen LogP contribution is -1.97. The fourth-order valence-corrected chi connectivity index (χ4v) is 0.699. The van der Waals surface area contributed by atoms with Gasteiger partial charge in [0.15, 0.2) is 0 Å². The summed E-state index contributed by atoms with van der Waals surface area (Å²) in [6.45, 7) is 8.72. The highest BCUT2D eigenvalue weighted by Crippen LogP contribution is 2.04. The second-order valence-electron chi connectivity index (χ2n) is 2.47.